The number of carbonyl (C=O) groups excluding carboxylic acids is 2. The number of anilines is 2. The van der Waals surface area contributed by atoms with E-state index >= 15 is 0 Å². The highest BCUT2D eigenvalue weighted by atomic mass is 16.5. The number of aryl methyl sites for hydroxylation is 2. The molecule has 0 atom stereocenters. The van der Waals surface area contributed by atoms with E-state index in [4.69, 9.17) is 4.74 Å². The van der Waals surface area contributed by atoms with Crippen LogP contribution in [-0.4, -0.2) is 36.6 Å². The highest BCUT2D eigenvalue weighted by Crippen LogP contribution is 2.21. The average molecular weight is 391 g/mol. The number of nitrogens with one attached hydrogen (secondary N) is 2. The SMILES string of the molecule is Cc1cc(C)c2[nH]c(=O)c(C(=O)Nc3ccc(N4CCOCC4=O)cc3)cc2c1. The molecule has 2 heterocycles. The van der Waals surface area contributed by atoms with Gasteiger partial charge in [0.05, 0.1) is 12.1 Å². The van der Waals surface area contributed by atoms with Crippen molar-refractivity contribution in [1.29, 1.82) is 0 Å². The Morgan fingerprint density at radius 3 is 2.59 bits per heavy atom. The van der Waals surface area contributed by atoms with E-state index in [2.05, 4.69) is 10.3 Å². The van der Waals surface area contributed by atoms with Gasteiger partial charge in [0.15, 0.2) is 0 Å². The van der Waals surface area contributed by atoms with Crippen LogP contribution in [0.1, 0.15) is 21.5 Å². The van der Waals surface area contributed by atoms with E-state index in [1.807, 2.05) is 26.0 Å². The number of aromatic nitrogens is 1. The number of H-pyrrole nitrogens is 1. The van der Waals surface area contributed by atoms with Gasteiger partial charge in [-0.25, -0.2) is 0 Å². The Morgan fingerprint density at radius 2 is 1.86 bits per heavy atom. The summed E-state index contributed by atoms with van der Waals surface area (Å²) in [6.45, 7) is 4.95. The van der Waals surface area contributed by atoms with Gasteiger partial charge < -0.3 is 19.9 Å². The number of pyridine rings is 1. The van der Waals surface area contributed by atoms with Crippen molar-refractivity contribution in [3.8, 4) is 0 Å². The van der Waals surface area contributed by atoms with Crippen LogP contribution in [0.15, 0.2) is 47.3 Å². The molecule has 29 heavy (non-hydrogen) atoms. The van der Waals surface area contributed by atoms with Crippen LogP contribution in [0.2, 0.25) is 0 Å². The fraction of sp³-hybridized carbons (Fsp3) is 0.227. The van der Waals surface area contributed by atoms with E-state index in [0.29, 0.717) is 18.8 Å². The largest absolute Gasteiger partial charge is 0.370 e. The first-order chi connectivity index (χ1) is 13.9. The molecule has 4 rings (SSSR count). The van der Waals surface area contributed by atoms with Gasteiger partial charge in [-0.15, -0.1) is 0 Å². The van der Waals surface area contributed by atoms with Crippen LogP contribution in [0, 0.1) is 13.8 Å². The molecule has 1 fully saturated rings. The summed E-state index contributed by atoms with van der Waals surface area (Å²) in [6.07, 6.45) is 0. The summed E-state index contributed by atoms with van der Waals surface area (Å²) in [5.41, 5.74) is 3.65. The van der Waals surface area contributed by atoms with Gasteiger partial charge in [0.25, 0.3) is 17.4 Å². The van der Waals surface area contributed by atoms with Crippen LogP contribution in [0.5, 0.6) is 0 Å². The Morgan fingerprint density at radius 1 is 1.10 bits per heavy atom. The number of amides is 2. The van der Waals surface area contributed by atoms with Crippen molar-refractivity contribution in [3.63, 3.8) is 0 Å². The molecule has 7 nitrogen and oxygen atoms in total. The third-order valence-electron chi connectivity index (χ3n) is 4.96. The third kappa shape index (κ3) is 3.77. The molecule has 1 aliphatic heterocycles. The Labute approximate surface area is 167 Å². The Balaban J connectivity index is 1.57. The molecule has 0 bridgehead atoms. The lowest BCUT2D eigenvalue weighted by molar-refractivity contribution is -0.125. The molecule has 1 aliphatic rings. The molecule has 0 spiro atoms. The highest BCUT2D eigenvalue weighted by molar-refractivity contribution is 6.06. The molecule has 2 N–H and O–H groups in total. The number of fused-ring (bicyclic) bond motifs is 1. The molecule has 0 unspecified atom stereocenters. The topological polar surface area (TPSA) is 91.5 Å². The van der Waals surface area contributed by atoms with E-state index < -0.39 is 11.5 Å². The lowest BCUT2D eigenvalue weighted by Gasteiger charge is -2.26. The van der Waals surface area contributed by atoms with Crippen molar-refractivity contribution >= 4 is 34.1 Å². The van der Waals surface area contributed by atoms with Gasteiger partial charge in [0.2, 0.25) is 0 Å². The van der Waals surface area contributed by atoms with E-state index in [1.54, 1.807) is 35.2 Å². The summed E-state index contributed by atoms with van der Waals surface area (Å²) in [4.78, 5) is 41.5. The lowest BCUT2D eigenvalue weighted by atomic mass is 10.1. The van der Waals surface area contributed by atoms with Crippen molar-refractivity contribution in [3.05, 3.63) is 69.5 Å². The van der Waals surface area contributed by atoms with Gasteiger partial charge >= 0.3 is 0 Å². The van der Waals surface area contributed by atoms with Crippen molar-refractivity contribution in [2.45, 2.75) is 13.8 Å². The zero-order chi connectivity index (χ0) is 20.5. The van der Waals surface area contributed by atoms with Gasteiger partial charge in [-0.3, -0.25) is 14.4 Å². The molecule has 0 radical (unpaired) electrons. The normalized spacial score (nSPS) is 14.3. The van der Waals surface area contributed by atoms with E-state index in [9.17, 15) is 14.4 Å². The molecule has 2 amide bonds. The molecule has 0 saturated carbocycles. The maximum atomic E-state index is 12.7. The molecule has 148 valence electrons. The van der Waals surface area contributed by atoms with Gasteiger partial charge in [0, 0.05) is 17.9 Å². The van der Waals surface area contributed by atoms with E-state index in [-0.39, 0.29) is 18.1 Å². The van der Waals surface area contributed by atoms with E-state index in [1.165, 1.54) is 0 Å². The minimum atomic E-state index is -0.484. The van der Waals surface area contributed by atoms with Crippen molar-refractivity contribution in [2.24, 2.45) is 0 Å². The maximum Gasteiger partial charge on any atom is 0.261 e. The van der Waals surface area contributed by atoms with Crippen LogP contribution in [0.4, 0.5) is 11.4 Å². The van der Waals surface area contributed by atoms with Gasteiger partial charge in [-0.2, -0.15) is 0 Å². The first-order valence-electron chi connectivity index (χ1n) is 9.36. The van der Waals surface area contributed by atoms with Crippen LogP contribution in [0.3, 0.4) is 0 Å². The molecule has 7 heteroatoms. The fourth-order valence-corrected chi connectivity index (χ4v) is 3.57. The summed E-state index contributed by atoms with van der Waals surface area (Å²) in [5.74, 6) is -0.580. The number of morpholine rings is 1. The van der Waals surface area contributed by atoms with Crippen molar-refractivity contribution in [1.82, 2.24) is 4.98 Å². The molecule has 0 aliphatic carbocycles. The molecular formula is C22H21N3O4. The van der Waals surface area contributed by atoms with Gasteiger partial charge in [-0.1, -0.05) is 11.6 Å². The monoisotopic (exact) mass is 391 g/mol. The van der Waals surface area contributed by atoms with Crippen molar-refractivity contribution in [2.75, 3.05) is 30.0 Å². The first-order valence-corrected chi connectivity index (χ1v) is 9.36. The second-order valence-corrected chi connectivity index (χ2v) is 7.16. The standard InChI is InChI=1S/C22H21N3O4/c1-13-9-14(2)20-15(10-13)11-18(22(28)24-20)21(27)23-16-3-5-17(6-4-16)25-7-8-29-12-19(25)26/h3-6,9-11H,7-8,12H2,1-2H3,(H,23,27)(H,24,28). The zero-order valence-corrected chi connectivity index (χ0v) is 16.2. The predicted molar refractivity (Wildman–Crippen MR) is 112 cm³/mol. The molecule has 1 aromatic heterocycles. The molecular weight excluding hydrogens is 370 g/mol. The zero-order valence-electron chi connectivity index (χ0n) is 16.2. The number of benzene rings is 2. The third-order valence-corrected chi connectivity index (χ3v) is 4.96. The Kier molecular flexibility index (Phi) is 4.90. The Bertz CT molecular complexity index is 1170. The molecule has 3 aromatic rings. The maximum absolute atomic E-state index is 12.7. The number of ether oxygens (including phenoxy) is 1. The fourth-order valence-electron chi connectivity index (χ4n) is 3.57. The molecule has 2 aromatic carbocycles. The van der Waals surface area contributed by atoms with Gasteiger partial charge in [0.1, 0.15) is 12.2 Å². The summed E-state index contributed by atoms with van der Waals surface area (Å²) in [7, 11) is 0. The number of aromatic amines is 1. The minimum absolute atomic E-state index is 0.0509. The number of hydrogen-bond acceptors (Lipinski definition) is 4. The van der Waals surface area contributed by atoms with Crippen LogP contribution in [0.25, 0.3) is 10.9 Å². The second kappa shape index (κ2) is 7.52. The number of carbonyl (C=O) groups is 2. The van der Waals surface area contributed by atoms with Crippen LogP contribution in [-0.2, 0) is 9.53 Å². The average Bonchev–Trinajstić information content (AvgIpc) is 2.69. The minimum Gasteiger partial charge on any atom is -0.370 e. The number of hydrogen-bond donors (Lipinski definition) is 2. The van der Waals surface area contributed by atoms with E-state index in [0.717, 1.165) is 27.7 Å². The Hall–Kier alpha value is -3.45. The van der Waals surface area contributed by atoms with Gasteiger partial charge in [-0.05, 0) is 61.2 Å². The first kappa shape index (κ1) is 18.9. The van der Waals surface area contributed by atoms with Crippen LogP contribution < -0.4 is 15.8 Å². The summed E-state index contributed by atoms with van der Waals surface area (Å²) >= 11 is 0. The summed E-state index contributed by atoms with van der Waals surface area (Å²) < 4.78 is 5.13. The number of rotatable bonds is 3. The number of nitrogens with zero attached hydrogens (tertiary/aromatic N) is 1. The quantitative estimate of drug-likeness (QED) is 0.718. The highest BCUT2D eigenvalue weighted by Gasteiger charge is 2.20. The van der Waals surface area contributed by atoms with Crippen molar-refractivity contribution < 1.29 is 14.3 Å². The van der Waals surface area contributed by atoms with Crippen LogP contribution >= 0.6 is 0 Å². The smallest absolute Gasteiger partial charge is 0.261 e. The summed E-state index contributed by atoms with van der Waals surface area (Å²) in [6, 6.07) is 12.5. The molecule has 1 saturated heterocycles. The second-order valence-electron chi connectivity index (χ2n) is 7.16. The summed E-state index contributed by atoms with van der Waals surface area (Å²) in [5, 5.41) is 3.56. The lowest BCUT2D eigenvalue weighted by Crippen LogP contribution is -2.41. The predicted octanol–water partition coefficient (Wildman–Crippen LogP) is 2.76.